The second-order valence-corrected chi connectivity index (χ2v) is 3.02. The van der Waals surface area contributed by atoms with Gasteiger partial charge in [0.15, 0.2) is 5.17 Å². The summed E-state index contributed by atoms with van der Waals surface area (Å²) in [6, 6.07) is 3.67. The van der Waals surface area contributed by atoms with Gasteiger partial charge in [-0.2, -0.15) is 0 Å². The van der Waals surface area contributed by atoms with Gasteiger partial charge in [-0.05, 0) is 12.1 Å². The Morgan fingerprint density at radius 1 is 1.60 bits per heavy atom. The summed E-state index contributed by atoms with van der Waals surface area (Å²) in [4.78, 5) is 11.1. The fraction of sp³-hybridized carbons (Fsp3) is 0.111. The van der Waals surface area contributed by atoms with Crippen LogP contribution in [0, 0.1) is 5.82 Å². The van der Waals surface area contributed by atoms with Gasteiger partial charge in [0.2, 0.25) is 0 Å². The van der Waals surface area contributed by atoms with Crippen molar-refractivity contribution in [2.45, 2.75) is 0 Å². The first-order chi connectivity index (χ1) is 7.10. The summed E-state index contributed by atoms with van der Waals surface area (Å²) in [5.41, 5.74) is 0.105. The number of amides is 1. The number of hydrogen-bond acceptors (Lipinski definition) is 3. The molecule has 0 spiro atoms. The highest BCUT2D eigenvalue weighted by Gasteiger charge is 2.11. The summed E-state index contributed by atoms with van der Waals surface area (Å²) in [6.45, 7) is 0. The van der Waals surface area contributed by atoms with Crippen molar-refractivity contribution in [1.29, 1.82) is 0 Å². The second-order valence-electron chi connectivity index (χ2n) is 2.66. The van der Waals surface area contributed by atoms with Gasteiger partial charge in [-0.3, -0.25) is 4.79 Å². The molecule has 0 atom stereocenters. The minimum Gasteiger partial charge on any atom is -0.410 e. The van der Waals surface area contributed by atoms with Crippen molar-refractivity contribution in [1.82, 2.24) is 5.32 Å². The SMILES string of the molecule is CNC(=O)c1ccc(/C(Cl)=N/O)cc1F. The van der Waals surface area contributed by atoms with E-state index < -0.39 is 11.7 Å². The van der Waals surface area contributed by atoms with Crippen molar-refractivity contribution in [2.24, 2.45) is 5.16 Å². The fourth-order valence-corrected chi connectivity index (χ4v) is 1.14. The number of carbonyl (C=O) groups is 1. The van der Waals surface area contributed by atoms with Crippen molar-refractivity contribution in [3.63, 3.8) is 0 Å². The molecule has 80 valence electrons. The summed E-state index contributed by atoms with van der Waals surface area (Å²) >= 11 is 5.46. The monoisotopic (exact) mass is 230 g/mol. The van der Waals surface area contributed by atoms with E-state index in [1.54, 1.807) is 0 Å². The summed E-state index contributed by atoms with van der Waals surface area (Å²) in [5, 5.41) is 13.1. The molecule has 0 heterocycles. The zero-order chi connectivity index (χ0) is 11.4. The summed E-state index contributed by atoms with van der Waals surface area (Å²) < 4.78 is 13.3. The molecule has 1 aromatic carbocycles. The van der Waals surface area contributed by atoms with Crippen LogP contribution in [0.1, 0.15) is 15.9 Å². The summed E-state index contributed by atoms with van der Waals surface area (Å²) in [5.74, 6) is -1.26. The smallest absolute Gasteiger partial charge is 0.253 e. The molecule has 0 aliphatic rings. The van der Waals surface area contributed by atoms with E-state index in [1.165, 1.54) is 19.2 Å². The molecule has 0 fully saturated rings. The van der Waals surface area contributed by atoms with Crippen molar-refractivity contribution < 1.29 is 14.4 Å². The quantitative estimate of drug-likeness (QED) is 0.460. The van der Waals surface area contributed by atoms with Crippen LogP contribution >= 0.6 is 11.6 Å². The molecule has 1 rings (SSSR count). The Morgan fingerprint density at radius 3 is 2.73 bits per heavy atom. The Bertz CT molecular complexity index is 421. The fourth-order valence-electron chi connectivity index (χ4n) is 1.02. The molecule has 4 nitrogen and oxygen atoms in total. The number of halogens is 2. The average Bonchev–Trinajstić information content (AvgIpc) is 2.26. The predicted molar refractivity (Wildman–Crippen MR) is 54.0 cm³/mol. The third kappa shape index (κ3) is 2.44. The highest BCUT2D eigenvalue weighted by molar-refractivity contribution is 6.69. The lowest BCUT2D eigenvalue weighted by Crippen LogP contribution is -2.19. The third-order valence-electron chi connectivity index (χ3n) is 1.77. The Balaban J connectivity index is 3.14. The normalized spacial score (nSPS) is 11.3. The topological polar surface area (TPSA) is 61.7 Å². The third-order valence-corrected chi connectivity index (χ3v) is 2.06. The van der Waals surface area contributed by atoms with Crippen LogP contribution in [0.4, 0.5) is 4.39 Å². The van der Waals surface area contributed by atoms with Gasteiger partial charge >= 0.3 is 0 Å². The van der Waals surface area contributed by atoms with Crippen LogP contribution in [0.5, 0.6) is 0 Å². The first-order valence-corrected chi connectivity index (χ1v) is 4.37. The molecule has 0 bridgehead atoms. The van der Waals surface area contributed by atoms with Crippen LogP contribution in [0.15, 0.2) is 23.4 Å². The Labute approximate surface area is 90.4 Å². The molecular weight excluding hydrogens is 223 g/mol. The Kier molecular flexibility index (Phi) is 3.62. The van der Waals surface area contributed by atoms with Gasteiger partial charge in [0.1, 0.15) is 5.82 Å². The lowest BCUT2D eigenvalue weighted by molar-refractivity contribution is 0.0959. The Morgan fingerprint density at radius 2 is 2.27 bits per heavy atom. The molecular formula is C9H8ClFN2O2. The van der Waals surface area contributed by atoms with Gasteiger partial charge in [0, 0.05) is 12.6 Å². The van der Waals surface area contributed by atoms with Crippen LogP contribution in [0.2, 0.25) is 0 Å². The maximum Gasteiger partial charge on any atom is 0.253 e. The van der Waals surface area contributed by atoms with E-state index in [-0.39, 0.29) is 16.3 Å². The van der Waals surface area contributed by atoms with Gasteiger partial charge in [-0.1, -0.05) is 22.8 Å². The highest BCUT2D eigenvalue weighted by Crippen LogP contribution is 2.12. The van der Waals surface area contributed by atoms with Crippen molar-refractivity contribution >= 4 is 22.7 Å². The van der Waals surface area contributed by atoms with E-state index in [4.69, 9.17) is 16.8 Å². The largest absolute Gasteiger partial charge is 0.410 e. The minimum absolute atomic E-state index is 0.0938. The van der Waals surface area contributed by atoms with Crippen LogP contribution in [0.25, 0.3) is 0 Å². The standard InChI is InChI=1S/C9H8ClFN2O2/c1-12-9(14)6-3-2-5(4-7(6)11)8(10)13-15/h2-4,15H,1H3,(H,12,14)/b13-8-. The molecule has 0 saturated heterocycles. The van der Waals surface area contributed by atoms with E-state index >= 15 is 0 Å². The average molecular weight is 231 g/mol. The first kappa shape index (κ1) is 11.5. The van der Waals surface area contributed by atoms with Crippen molar-refractivity contribution in [3.05, 3.63) is 35.1 Å². The molecule has 0 unspecified atom stereocenters. The lowest BCUT2D eigenvalue weighted by atomic mass is 10.1. The molecule has 1 aromatic rings. The number of carbonyl (C=O) groups excluding carboxylic acids is 1. The Hall–Kier alpha value is -1.62. The maximum atomic E-state index is 13.3. The number of oxime groups is 1. The maximum absolute atomic E-state index is 13.3. The number of nitrogens with one attached hydrogen (secondary N) is 1. The zero-order valence-electron chi connectivity index (χ0n) is 7.79. The number of hydrogen-bond donors (Lipinski definition) is 2. The molecule has 1 amide bonds. The van der Waals surface area contributed by atoms with Crippen LogP contribution in [-0.2, 0) is 0 Å². The summed E-state index contributed by atoms with van der Waals surface area (Å²) in [7, 11) is 1.40. The molecule has 15 heavy (non-hydrogen) atoms. The van der Waals surface area contributed by atoms with E-state index in [1.807, 2.05) is 0 Å². The van der Waals surface area contributed by atoms with Crippen LogP contribution < -0.4 is 5.32 Å². The van der Waals surface area contributed by atoms with Crippen molar-refractivity contribution in [3.8, 4) is 0 Å². The van der Waals surface area contributed by atoms with Gasteiger partial charge in [0.25, 0.3) is 5.91 Å². The second kappa shape index (κ2) is 4.75. The van der Waals surface area contributed by atoms with Gasteiger partial charge in [-0.25, -0.2) is 4.39 Å². The van der Waals surface area contributed by atoms with Crippen molar-refractivity contribution in [2.75, 3.05) is 7.05 Å². The van der Waals surface area contributed by atoms with E-state index in [0.717, 1.165) is 6.07 Å². The predicted octanol–water partition coefficient (Wildman–Crippen LogP) is 1.56. The van der Waals surface area contributed by atoms with E-state index in [2.05, 4.69) is 10.5 Å². The van der Waals surface area contributed by atoms with Gasteiger partial charge in [-0.15, -0.1) is 0 Å². The summed E-state index contributed by atoms with van der Waals surface area (Å²) in [6.07, 6.45) is 0. The first-order valence-electron chi connectivity index (χ1n) is 3.99. The molecule has 0 aromatic heterocycles. The van der Waals surface area contributed by atoms with Gasteiger partial charge < -0.3 is 10.5 Å². The molecule has 0 radical (unpaired) electrons. The number of rotatable bonds is 2. The van der Waals surface area contributed by atoms with E-state index in [0.29, 0.717) is 0 Å². The molecule has 0 aliphatic carbocycles. The highest BCUT2D eigenvalue weighted by atomic mass is 35.5. The minimum atomic E-state index is -0.728. The molecule has 2 N–H and O–H groups in total. The molecule has 6 heteroatoms. The molecule has 0 aliphatic heterocycles. The van der Waals surface area contributed by atoms with E-state index in [9.17, 15) is 9.18 Å². The number of nitrogens with zero attached hydrogens (tertiary/aromatic N) is 1. The molecule has 0 saturated carbocycles. The lowest BCUT2D eigenvalue weighted by Gasteiger charge is -2.03. The van der Waals surface area contributed by atoms with Crippen LogP contribution in [-0.4, -0.2) is 23.3 Å². The number of benzene rings is 1. The van der Waals surface area contributed by atoms with Crippen LogP contribution in [0.3, 0.4) is 0 Å². The zero-order valence-corrected chi connectivity index (χ0v) is 8.55. The van der Waals surface area contributed by atoms with Gasteiger partial charge in [0.05, 0.1) is 5.56 Å².